The molecule has 0 aliphatic carbocycles. The molecule has 0 saturated carbocycles. The maximum Gasteiger partial charge on any atom is 0.325 e. The Balaban J connectivity index is 1.67. The molecular formula is C19H24FN5O2. The zero-order valence-corrected chi connectivity index (χ0v) is 15.5. The van der Waals surface area contributed by atoms with Gasteiger partial charge in [-0.15, -0.1) is 0 Å². The number of carbonyl (C=O) groups excluding carboxylic acids is 1. The van der Waals surface area contributed by atoms with Crippen molar-refractivity contribution in [1.29, 1.82) is 0 Å². The van der Waals surface area contributed by atoms with Crippen molar-refractivity contribution in [2.24, 2.45) is 5.92 Å². The molecule has 1 fully saturated rings. The Kier molecular flexibility index (Phi) is 6.18. The van der Waals surface area contributed by atoms with Gasteiger partial charge in [-0.1, -0.05) is 0 Å². The molecule has 144 valence electrons. The molecule has 2 amide bonds. The van der Waals surface area contributed by atoms with Crippen LogP contribution in [0.3, 0.4) is 0 Å². The number of rotatable bonds is 5. The van der Waals surface area contributed by atoms with E-state index in [0.717, 1.165) is 31.6 Å². The van der Waals surface area contributed by atoms with Crippen LogP contribution in [-0.4, -0.2) is 35.2 Å². The van der Waals surface area contributed by atoms with Crippen molar-refractivity contribution in [3.63, 3.8) is 0 Å². The molecule has 3 N–H and O–H groups in total. The number of ether oxygens (including phenoxy) is 1. The van der Waals surface area contributed by atoms with E-state index in [0.29, 0.717) is 17.5 Å². The minimum Gasteiger partial charge on any atom is -0.488 e. The van der Waals surface area contributed by atoms with Crippen LogP contribution >= 0.6 is 0 Å². The van der Waals surface area contributed by atoms with Crippen molar-refractivity contribution in [2.45, 2.75) is 32.8 Å². The molecule has 1 saturated heterocycles. The number of halogens is 1. The molecule has 2 unspecified atom stereocenters. The summed E-state index contributed by atoms with van der Waals surface area (Å²) in [5.41, 5.74) is 1.01. The third kappa shape index (κ3) is 5.37. The van der Waals surface area contributed by atoms with Gasteiger partial charge in [0, 0.05) is 18.5 Å². The highest BCUT2D eigenvalue weighted by Crippen LogP contribution is 2.29. The number of urea groups is 1. The van der Waals surface area contributed by atoms with Gasteiger partial charge in [-0.3, -0.25) is 10.3 Å². The average molecular weight is 373 g/mol. The zero-order chi connectivity index (χ0) is 19.2. The molecule has 2 aromatic rings. The number of anilines is 2. The number of piperidine rings is 1. The number of hydrogen-bond acceptors (Lipinski definition) is 5. The Morgan fingerprint density at radius 3 is 2.89 bits per heavy atom. The summed E-state index contributed by atoms with van der Waals surface area (Å²) >= 11 is 0. The Labute approximate surface area is 157 Å². The fraction of sp³-hybridized carbons (Fsp3) is 0.421. The number of carbonyl (C=O) groups is 1. The SMILES string of the molecule is Cc1cnc(NC(=O)Nc2cc(F)ccc2OC(C)C2CCCNC2)cn1. The van der Waals surface area contributed by atoms with Crippen molar-refractivity contribution >= 4 is 17.5 Å². The van der Waals surface area contributed by atoms with Crippen LogP contribution in [0.1, 0.15) is 25.5 Å². The van der Waals surface area contributed by atoms with Gasteiger partial charge in [0.25, 0.3) is 0 Å². The summed E-state index contributed by atoms with van der Waals surface area (Å²) in [6.07, 6.45) is 5.12. The first-order chi connectivity index (χ1) is 13.0. The van der Waals surface area contributed by atoms with E-state index in [1.807, 2.05) is 6.92 Å². The van der Waals surface area contributed by atoms with Crippen LogP contribution in [0.2, 0.25) is 0 Å². The van der Waals surface area contributed by atoms with Crippen molar-refractivity contribution in [3.8, 4) is 5.75 Å². The lowest BCUT2D eigenvalue weighted by Crippen LogP contribution is -2.38. The summed E-state index contributed by atoms with van der Waals surface area (Å²) in [6, 6.07) is 3.54. The molecule has 1 aromatic heterocycles. The quantitative estimate of drug-likeness (QED) is 0.748. The minimum absolute atomic E-state index is 0.0603. The number of nitrogens with one attached hydrogen (secondary N) is 3. The first-order valence-corrected chi connectivity index (χ1v) is 9.05. The van der Waals surface area contributed by atoms with Crippen LogP contribution < -0.4 is 20.7 Å². The molecule has 2 atom stereocenters. The standard InChI is InChI=1S/C19H24FN5O2/c1-12-9-23-18(11-22-12)25-19(26)24-16-8-15(20)5-6-17(16)27-13(2)14-4-3-7-21-10-14/h5-6,8-9,11,13-14,21H,3-4,7,10H2,1-2H3,(H2,23,24,25,26). The summed E-state index contributed by atoms with van der Waals surface area (Å²) < 4.78 is 19.7. The van der Waals surface area contributed by atoms with Gasteiger partial charge in [-0.2, -0.15) is 0 Å². The summed E-state index contributed by atoms with van der Waals surface area (Å²) in [5.74, 6) is 0.645. The molecule has 1 aliphatic rings. The lowest BCUT2D eigenvalue weighted by atomic mass is 9.94. The Morgan fingerprint density at radius 1 is 1.33 bits per heavy atom. The van der Waals surface area contributed by atoms with Gasteiger partial charge in [0.15, 0.2) is 5.82 Å². The van der Waals surface area contributed by atoms with Gasteiger partial charge in [-0.25, -0.2) is 14.2 Å². The molecule has 3 rings (SSSR count). The predicted molar refractivity (Wildman–Crippen MR) is 101 cm³/mol. The largest absolute Gasteiger partial charge is 0.488 e. The van der Waals surface area contributed by atoms with E-state index >= 15 is 0 Å². The highest BCUT2D eigenvalue weighted by molar-refractivity contribution is 6.00. The first-order valence-electron chi connectivity index (χ1n) is 9.05. The van der Waals surface area contributed by atoms with E-state index in [2.05, 4.69) is 25.9 Å². The molecule has 0 bridgehead atoms. The van der Waals surface area contributed by atoms with Gasteiger partial charge < -0.3 is 15.4 Å². The third-order valence-electron chi connectivity index (χ3n) is 4.52. The second-order valence-corrected chi connectivity index (χ2v) is 6.69. The van der Waals surface area contributed by atoms with E-state index in [1.165, 1.54) is 24.4 Å². The maximum atomic E-state index is 13.7. The van der Waals surface area contributed by atoms with Crippen molar-refractivity contribution in [3.05, 3.63) is 42.1 Å². The number of hydrogen-bond donors (Lipinski definition) is 3. The van der Waals surface area contributed by atoms with Crippen LogP contribution in [0.15, 0.2) is 30.6 Å². The van der Waals surface area contributed by atoms with Crippen LogP contribution in [0, 0.1) is 18.7 Å². The number of aromatic nitrogens is 2. The molecule has 0 spiro atoms. The summed E-state index contributed by atoms with van der Waals surface area (Å²) in [4.78, 5) is 20.4. The molecule has 1 aliphatic heterocycles. The highest BCUT2D eigenvalue weighted by atomic mass is 19.1. The number of nitrogens with zero attached hydrogens (tertiary/aromatic N) is 2. The fourth-order valence-corrected chi connectivity index (χ4v) is 3.01. The van der Waals surface area contributed by atoms with Crippen molar-refractivity contribution in [1.82, 2.24) is 15.3 Å². The lowest BCUT2D eigenvalue weighted by Gasteiger charge is -2.29. The van der Waals surface area contributed by atoms with E-state index in [9.17, 15) is 9.18 Å². The minimum atomic E-state index is -0.546. The lowest BCUT2D eigenvalue weighted by molar-refractivity contribution is 0.132. The van der Waals surface area contributed by atoms with Crippen molar-refractivity contribution < 1.29 is 13.9 Å². The Hall–Kier alpha value is -2.74. The molecule has 27 heavy (non-hydrogen) atoms. The fourth-order valence-electron chi connectivity index (χ4n) is 3.01. The average Bonchev–Trinajstić information content (AvgIpc) is 2.66. The molecule has 1 aromatic carbocycles. The zero-order valence-electron chi connectivity index (χ0n) is 15.5. The van der Waals surface area contributed by atoms with Crippen LogP contribution in [0.25, 0.3) is 0 Å². The van der Waals surface area contributed by atoms with Crippen molar-refractivity contribution in [2.75, 3.05) is 23.7 Å². The van der Waals surface area contributed by atoms with Gasteiger partial charge in [0.1, 0.15) is 17.7 Å². The second kappa shape index (κ2) is 8.77. The Bertz CT molecular complexity index is 778. The second-order valence-electron chi connectivity index (χ2n) is 6.69. The third-order valence-corrected chi connectivity index (χ3v) is 4.52. The van der Waals surface area contributed by atoms with E-state index < -0.39 is 11.8 Å². The first kappa shape index (κ1) is 19.0. The van der Waals surface area contributed by atoms with E-state index in [-0.39, 0.29) is 11.8 Å². The van der Waals surface area contributed by atoms with Gasteiger partial charge >= 0.3 is 6.03 Å². The smallest absolute Gasteiger partial charge is 0.325 e. The van der Waals surface area contributed by atoms with Crippen LogP contribution in [0.4, 0.5) is 20.7 Å². The Morgan fingerprint density at radius 2 is 2.19 bits per heavy atom. The molecule has 7 nitrogen and oxygen atoms in total. The van der Waals surface area contributed by atoms with Crippen LogP contribution in [-0.2, 0) is 0 Å². The summed E-state index contributed by atoms with van der Waals surface area (Å²) in [5, 5.41) is 8.55. The monoisotopic (exact) mass is 373 g/mol. The number of amides is 2. The topological polar surface area (TPSA) is 88.2 Å². The molecule has 0 radical (unpaired) electrons. The molecule has 8 heteroatoms. The van der Waals surface area contributed by atoms with E-state index in [1.54, 1.807) is 13.1 Å². The van der Waals surface area contributed by atoms with Gasteiger partial charge in [-0.05, 0) is 45.4 Å². The van der Waals surface area contributed by atoms with E-state index in [4.69, 9.17) is 4.74 Å². The summed E-state index contributed by atoms with van der Waals surface area (Å²) in [6.45, 7) is 5.70. The van der Waals surface area contributed by atoms with Crippen LogP contribution in [0.5, 0.6) is 5.75 Å². The number of benzene rings is 1. The highest BCUT2D eigenvalue weighted by Gasteiger charge is 2.22. The van der Waals surface area contributed by atoms with Gasteiger partial charge in [0.05, 0.1) is 23.8 Å². The summed E-state index contributed by atoms with van der Waals surface area (Å²) in [7, 11) is 0. The number of aryl methyl sites for hydroxylation is 1. The molecular weight excluding hydrogens is 349 g/mol. The predicted octanol–water partition coefficient (Wildman–Crippen LogP) is 3.34. The van der Waals surface area contributed by atoms with Gasteiger partial charge in [0.2, 0.25) is 0 Å². The normalized spacial score (nSPS) is 17.8. The maximum absolute atomic E-state index is 13.7. The molecule has 2 heterocycles.